The van der Waals surface area contributed by atoms with Gasteiger partial charge in [0.05, 0.1) is 0 Å². The van der Waals surface area contributed by atoms with Crippen LogP contribution < -0.4 is 5.32 Å². The van der Waals surface area contributed by atoms with Gasteiger partial charge in [0.1, 0.15) is 5.25 Å². The molecule has 0 saturated heterocycles. The maximum atomic E-state index is 12.8. The van der Waals surface area contributed by atoms with Crippen LogP contribution in [0, 0.1) is 0 Å². The molecule has 1 saturated carbocycles. The number of nitrogens with zero attached hydrogens (tertiary/aromatic N) is 2. The van der Waals surface area contributed by atoms with E-state index >= 15 is 0 Å². The van der Waals surface area contributed by atoms with E-state index in [1.807, 2.05) is 71.4 Å². The van der Waals surface area contributed by atoms with Gasteiger partial charge in [-0.2, -0.15) is 0 Å². The summed E-state index contributed by atoms with van der Waals surface area (Å²) in [6.45, 7) is 0. The van der Waals surface area contributed by atoms with E-state index in [1.165, 1.54) is 11.8 Å². The lowest BCUT2D eigenvalue weighted by atomic mass is 10.1. The normalized spacial score (nSPS) is 14.9. The lowest BCUT2D eigenvalue weighted by molar-refractivity contribution is -0.120. The van der Waals surface area contributed by atoms with Crippen molar-refractivity contribution >= 4 is 17.7 Å². The summed E-state index contributed by atoms with van der Waals surface area (Å²) in [5, 5.41) is 3.63. The molecule has 2 aromatic carbocycles. The second kappa shape index (κ2) is 7.15. The fourth-order valence-corrected chi connectivity index (χ4v) is 3.75. The Balaban J connectivity index is 1.63. The van der Waals surface area contributed by atoms with E-state index in [0.717, 1.165) is 29.2 Å². The van der Waals surface area contributed by atoms with Crippen molar-refractivity contribution in [3.63, 3.8) is 0 Å². The van der Waals surface area contributed by atoms with Crippen molar-refractivity contribution in [1.82, 2.24) is 14.9 Å². The highest BCUT2D eigenvalue weighted by Gasteiger charge is 2.30. The minimum absolute atomic E-state index is 0.0568. The van der Waals surface area contributed by atoms with Gasteiger partial charge >= 0.3 is 0 Å². The molecule has 0 unspecified atom stereocenters. The van der Waals surface area contributed by atoms with Gasteiger partial charge in [-0.25, -0.2) is 4.98 Å². The predicted octanol–water partition coefficient (Wildman–Crippen LogP) is 3.98. The third-order valence-electron chi connectivity index (χ3n) is 4.13. The van der Waals surface area contributed by atoms with E-state index in [1.54, 1.807) is 6.20 Å². The Kier molecular flexibility index (Phi) is 4.57. The molecule has 1 aromatic heterocycles. The average Bonchev–Trinajstić information content (AvgIpc) is 3.35. The van der Waals surface area contributed by atoms with Gasteiger partial charge in [-0.15, -0.1) is 0 Å². The van der Waals surface area contributed by atoms with Crippen molar-refractivity contribution in [2.75, 3.05) is 0 Å². The first-order valence-electron chi connectivity index (χ1n) is 8.42. The molecule has 4 nitrogen and oxygen atoms in total. The van der Waals surface area contributed by atoms with Crippen LogP contribution in [0.25, 0.3) is 5.69 Å². The summed E-state index contributed by atoms with van der Waals surface area (Å²) in [5.41, 5.74) is 2.03. The number of nitrogens with one attached hydrogen (secondary N) is 1. The molecule has 1 fully saturated rings. The number of hydrogen-bond acceptors (Lipinski definition) is 3. The molecule has 1 amide bonds. The van der Waals surface area contributed by atoms with Gasteiger partial charge in [0.15, 0.2) is 5.16 Å². The lowest BCUT2D eigenvalue weighted by Crippen LogP contribution is -2.29. The van der Waals surface area contributed by atoms with Gasteiger partial charge in [0.25, 0.3) is 0 Å². The van der Waals surface area contributed by atoms with Crippen LogP contribution in [0.1, 0.15) is 23.7 Å². The first-order chi connectivity index (χ1) is 12.3. The molecule has 1 aliphatic carbocycles. The number of aromatic nitrogens is 2. The minimum Gasteiger partial charge on any atom is -0.352 e. The molecule has 1 atom stereocenters. The summed E-state index contributed by atoms with van der Waals surface area (Å²) < 4.78 is 2.02. The van der Waals surface area contributed by atoms with Crippen LogP contribution in [0.5, 0.6) is 0 Å². The standard InChI is InChI=1S/C20H19N3OS/c24-19(22-16-11-12-16)18(15-7-3-1-4-8-15)25-20-21-13-14-23(20)17-9-5-2-6-10-17/h1-10,13-14,16,18H,11-12H2,(H,22,24)/t18-/m1/s1. The molecule has 1 heterocycles. The molecule has 3 aromatic rings. The van der Waals surface area contributed by atoms with Gasteiger partial charge < -0.3 is 5.32 Å². The first-order valence-corrected chi connectivity index (χ1v) is 9.30. The van der Waals surface area contributed by atoms with E-state index in [4.69, 9.17) is 0 Å². The Hall–Kier alpha value is -2.53. The van der Waals surface area contributed by atoms with Crippen molar-refractivity contribution in [2.24, 2.45) is 0 Å². The van der Waals surface area contributed by atoms with Crippen LogP contribution in [-0.2, 0) is 4.79 Å². The SMILES string of the molecule is O=C(NC1CC1)[C@H](Sc1nccn1-c1ccccc1)c1ccccc1. The second-order valence-corrected chi connectivity index (χ2v) is 7.18. The number of para-hydroxylation sites is 1. The molecular formula is C20H19N3OS. The molecule has 5 heteroatoms. The fraction of sp³-hybridized carbons (Fsp3) is 0.200. The smallest absolute Gasteiger partial charge is 0.238 e. The number of thioether (sulfide) groups is 1. The van der Waals surface area contributed by atoms with Crippen molar-refractivity contribution in [1.29, 1.82) is 0 Å². The molecule has 0 radical (unpaired) electrons. The summed E-state index contributed by atoms with van der Waals surface area (Å²) in [5.74, 6) is 0.0568. The van der Waals surface area contributed by atoms with Gasteiger partial charge in [0.2, 0.25) is 5.91 Å². The highest BCUT2D eigenvalue weighted by molar-refractivity contribution is 8.00. The molecular weight excluding hydrogens is 330 g/mol. The van der Waals surface area contributed by atoms with Crippen LogP contribution in [-0.4, -0.2) is 21.5 Å². The number of amides is 1. The molecule has 0 bridgehead atoms. The summed E-state index contributed by atoms with van der Waals surface area (Å²) in [4.78, 5) is 17.3. The summed E-state index contributed by atoms with van der Waals surface area (Å²) in [7, 11) is 0. The average molecular weight is 349 g/mol. The Morgan fingerprint density at radius 3 is 2.44 bits per heavy atom. The maximum absolute atomic E-state index is 12.8. The zero-order valence-electron chi connectivity index (χ0n) is 13.7. The first kappa shape index (κ1) is 16.0. The van der Waals surface area contributed by atoms with Crippen LogP contribution in [0.2, 0.25) is 0 Å². The van der Waals surface area contributed by atoms with E-state index in [0.29, 0.717) is 6.04 Å². The van der Waals surface area contributed by atoms with E-state index < -0.39 is 0 Å². The third kappa shape index (κ3) is 3.77. The number of imidazole rings is 1. The Bertz CT molecular complexity index is 844. The molecule has 1 N–H and O–H groups in total. The van der Waals surface area contributed by atoms with E-state index in [-0.39, 0.29) is 11.2 Å². The van der Waals surface area contributed by atoms with E-state index in [2.05, 4.69) is 10.3 Å². The van der Waals surface area contributed by atoms with Crippen molar-refractivity contribution in [2.45, 2.75) is 29.3 Å². The number of hydrogen-bond donors (Lipinski definition) is 1. The third-order valence-corrected chi connectivity index (χ3v) is 5.36. The highest BCUT2D eigenvalue weighted by Crippen LogP contribution is 2.36. The molecule has 1 aliphatic rings. The zero-order chi connectivity index (χ0) is 17.1. The van der Waals surface area contributed by atoms with Crippen molar-refractivity contribution in [3.8, 4) is 5.69 Å². The zero-order valence-corrected chi connectivity index (χ0v) is 14.5. The Morgan fingerprint density at radius 1 is 1.08 bits per heavy atom. The second-order valence-electron chi connectivity index (χ2n) is 6.11. The van der Waals surface area contributed by atoms with Gasteiger partial charge in [-0.3, -0.25) is 9.36 Å². The summed E-state index contributed by atoms with van der Waals surface area (Å²) in [6, 6.07) is 20.3. The Morgan fingerprint density at radius 2 is 1.76 bits per heavy atom. The fourth-order valence-electron chi connectivity index (χ4n) is 2.67. The lowest BCUT2D eigenvalue weighted by Gasteiger charge is -2.17. The quantitative estimate of drug-likeness (QED) is 0.685. The van der Waals surface area contributed by atoms with Crippen LogP contribution >= 0.6 is 11.8 Å². The monoisotopic (exact) mass is 349 g/mol. The highest BCUT2D eigenvalue weighted by atomic mass is 32.2. The minimum atomic E-state index is -0.313. The van der Waals surface area contributed by atoms with Crippen molar-refractivity contribution < 1.29 is 4.79 Å². The molecule has 0 spiro atoms. The molecule has 0 aliphatic heterocycles. The Labute approximate surface area is 151 Å². The van der Waals surface area contributed by atoms with Gasteiger partial charge in [-0.1, -0.05) is 60.3 Å². The topological polar surface area (TPSA) is 46.9 Å². The molecule has 25 heavy (non-hydrogen) atoms. The number of benzene rings is 2. The maximum Gasteiger partial charge on any atom is 0.238 e. The van der Waals surface area contributed by atoms with Gasteiger partial charge in [0, 0.05) is 24.1 Å². The van der Waals surface area contributed by atoms with Crippen LogP contribution in [0.4, 0.5) is 0 Å². The van der Waals surface area contributed by atoms with E-state index in [9.17, 15) is 4.79 Å². The van der Waals surface area contributed by atoms with Crippen LogP contribution in [0.3, 0.4) is 0 Å². The summed E-state index contributed by atoms with van der Waals surface area (Å²) in [6.07, 6.45) is 5.86. The van der Waals surface area contributed by atoms with Gasteiger partial charge in [-0.05, 0) is 30.5 Å². The number of carbonyl (C=O) groups excluding carboxylic acids is 1. The van der Waals surface area contributed by atoms with Crippen molar-refractivity contribution in [3.05, 3.63) is 78.6 Å². The number of carbonyl (C=O) groups is 1. The van der Waals surface area contributed by atoms with Crippen LogP contribution in [0.15, 0.2) is 78.2 Å². The predicted molar refractivity (Wildman–Crippen MR) is 99.8 cm³/mol. The summed E-state index contributed by atoms with van der Waals surface area (Å²) >= 11 is 1.49. The largest absolute Gasteiger partial charge is 0.352 e. The molecule has 126 valence electrons. The number of rotatable bonds is 6. The molecule has 4 rings (SSSR count).